The number of aliphatic carboxylic acids is 1. The Kier molecular flexibility index (Phi) is 4.04. The van der Waals surface area contributed by atoms with Gasteiger partial charge in [0.1, 0.15) is 6.54 Å². The van der Waals surface area contributed by atoms with Crippen LogP contribution in [0.4, 0.5) is 0 Å². The van der Waals surface area contributed by atoms with Crippen molar-refractivity contribution in [2.75, 3.05) is 13.1 Å². The number of hydrogen-bond acceptors (Lipinski definition) is 2. The molecule has 4 heteroatoms. The normalized spacial score (nSPS) is 9.17. The molecule has 0 aromatic heterocycles. The maximum atomic E-state index is 11.2. The molecular formula is C8H13NO3. The Hall–Kier alpha value is -1.32. The molecule has 0 aliphatic rings. The average molecular weight is 171 g/mol. The first-order valence-electron chi connectivity index (χ1n) is 3.65. The standard InChI is InChI=1S/C8H13NO3/c1-4-9(5-7(10)11)8(12)6(2)3/h2,4-5H2,1,3H3,(H,10,11). The smallest absolute Gasteiger partial charge is 0.323 e. The van der Waals surface area contributed by atoms with E-state index in [1.54, 1.807) is 13.8 Å². The molecule has 0 rings (SSSR count). The summed E-state index contributed by atoms with van der Waals surface area (Å²) in [6.45, 7) is 6.86. The molecule has 0 unspecified atom stereocenters. The number of likely N-dealkylation sites (N-methyl/N-ethyl adjacent to an activating group) is 1. The number of hydrogen-bond donors (Lipinski definition) is 1. The molecule has 0 aromatic carbocycles. The SMILES string of the molecule is C=C(C)C(=O)N(CC)CC(=O)O. The minimum absolute atomic E-state index is 0.262. The Morgan fingerprint density at radius 1 is 1.50 bits per heavy atom. The van der Waals surface area contributed by atoms with Crippen molar-refractivity contribution in [3.63, 3.8) is 0 Å². The molecule has 68 valence electrons. The lowest BCUT2D eigenvalue weighted by atomic mass is 10.3. The highest BCUT2D eigenvalue weighted by molar-refractivity contribution is 5.93. The van der Waals surface area contributed by atoms with Crippen molar-refractivity contribution in [1.82, 2.24) is 4.90 Å². The summed E-state index contributed by atoms with van der Waals surface area (Å²) in [6.07, 6.45) is 0. The Bertz CT molecular complexity index is 210. The minimum atomic E-state index is -1.01. The lowest BCUT2D eigenvalue weighted by Gasteiger charge is -2.17. The van der Waals surface area contributed by atoms with Gasteiger partial charge >= 0.3 is 5.97 Å². The predicted octanol–water partition coefficient (Wildman–Crippen LogP) is 0.496. The van der Waals surface area contributed by atoms with Gasteiger partial charge in [-0.25, -0.2) is 0 Å². The van der Waals surface area contributed by atoms with Crippen LogP contribution in [0, 0.1) is 0 Å². The minimum Gasteiger partial charge on any atom is -0.480 e. The Morgan fingerprint density at radius 2 is 2.00 bits per heavy atom. The number of carbonyl (C=O) groups excluding carboxylic acids is 1. The molecule has 0 aliphatic carbocycles. The Morgan fingerprint density at radius 3 is 2.25 bits per heavy atom. The lowest BCUT2D eigenvalue weighted by molar-refractivity contribution is -0.142. The van der Waals surface area contributed by atoms with Crippen LogP contribution in [0.2, 0.25) is 0 Å². The molecule has 1 amide bonds. The van der Waals surface area contributed by atoms with Gasteiger partial charge in [0.2, 0.25) is 5.91 Å². The number of carbonyl (C=O) groups is 2. The van der Waals surface area contributed by atoms with Gasteiger partial charge in [-0.3, -0.25) is 9.59 Å². The number of amides is 1. The Labute approximate surface area is 71.5 Å². The van der Waals surface area contributed by atoms with Crippen molar-refractivity contribution in [3.05, 3.63) is 12.2 Å². The largest absolute Gasteiger partial charge is 0.480 e. The Balaban J connectivity index is 4.24. The van der Waals surface area contributed by atoms with Crippen LogP contribution < -0.4 is 0 Å². The van der Waals surface area contributed by atoms with Gasteiger partial charge in [-0.05, 0) is 13.8 Å². The second kappa shape index (κ2) is 4.54. The molecule has 0 aromatic rings. The lowest BCUT2D eigenvalue weighted by Crippen LogP contribution is -2.35. The monoisotopic (exact) mass is 171 g/mol. The van der Waals surface area contributed by atoms with E-state index in [0.29, 0.717) is 12.1 Å². The molecule has 12 heavy (non-hydrogen) atoms. The summed E-state index contributed by atoms with van der Waals surface area (Å²) in [5, 5.41) is 8.42. The van der Waals surface area contributed by atoms with Crippen molar-refractivity contribution in [1.29, 1.82) is 0 Å². The third-order valence-corrected chi connectivity index (χ3v) is 1.36. The van der Waals surface area contributed by atoms with Crippen LogP contribution in [0.5, 0.6) is 0 Å². The molecule has 0 saturated heterocycles. The van der Waals surface area contributed by atoms with Gasteiger partial charge in [-0.2, -0.15) is 0 Å². The van der Waals surface area contributed by atoms with Crippen LogP contribution in [0.3, 0.4) is 0 Å². The van der Waals surface area contributed by atoms with Gasteiger partial charge in [-0.1, -0.05) is 6.58 Å². The summed E-state index contributed by atoms with van der Waals surface area (Å²) in [7, 11) is 0. The van der Waals surface area contributed by atoms with Crippen molar-refractivity contribution in [3.8, 4) is 0 Å². The second-order valence-electron chi connectivity index (χ2n) is 2.49. The summed E-state index contributed by atoms with van der Waals surface area (Å²) < 4.78 is 0. The number of carboxylic acid groups (broad SMARTS) is 1. The van der Waals surface area contributed by atoms with E-state index >= 15 is 0 Å². The molecule has 0 bridgehead atoms. The van der Waals surface area contributed by atoms with E-state index in [4.69, 9.17) is 5.11 Å². The zero-order chi connectivity index (χ0) is 9.72. The van der Waals surface area contributed by atoms with Crippen molar-refractivity contribution >= 4 is 11.9 Å². The quantitative estimate of drug-likeness (QED) is 0.626. The van der Waals surface area contributed by atoms with E-state index in [1.165, 1.54) is 4.90 Å². The van der Waals surface area contributed by atoms with Crippen LogP contribution in [0.15, 0.2) is 12.2 Å². The molecule has 0 aliphatic heterocycles. The fourth-order valence-electron chi connectivity index (χ4n) is 0.760. The van der Waals surface area contributed by atoms with Crippen LogP contribution in [0.1, 0.15) is 13.8 Å². The molecular weight excluding hydrogens is 158 g/mol. The third-order valence-electron chi connectivity index (χ3n) is 1.36. The first-order chi connectivity index (χ1) is 5.49. The van der Waals surface area contributed by atoms with Crippen molar-refractivity contribution in [2.24, 2.45) is 0 Å². The van der Waals surface area contributed by atoms with E-state index in [9.17, 15) is 9.59 Å². The zero-order valence-corrected chi connectivity index (χ0v) is 7.33. The van der Waals surface area contributed by atoms with Crippen LogP contribution >= 0.6 is 0 Å². The van der Waals surface area contributed by atoms with Crippen LogP contribution in [0.25, 0.3) is 0 Å². The van der Waals surface area contributed by atoms with Gasteiger partial charge < -0.3 is 10.0 Å². The van der Waals surface area contributed by atoms with E-state index in [0.717, 1.165) is 0 Å². The van der Waals surface area contributed by atoms with E-state index in [1.807, 2.05) is 0 Å². The average Bonchev–Trinajstić information content (AvgIpc) is 1.98. The second-order valence-corrected chi connectivity index (χ2v) is 2.49. The molecule has 0 fully saturated rings. The molecule has 0 radical (unpaired) electrons. The maximum absolute atomic E-state index is 11.2. The highest BCUT2D eigenvalue weighted by atomic mass is 16.4. The number of nitrogens with zero attached hydrogens (tertiary/aromatic N) is 1. The highest BCUT2D eigenvalue weighted by Gasteiger charge is 2.14. The number of rotatable bonds is 4. The summed E-state index contributed by atoms with van der Waals surface area (Å²) in [6, 6.07) is 0. The van der Waals surface area contributed by atoms with E-state index in [-0.39, 0.29) is 12.5 Å². The fourth-order valence-corrected chi connectivity index (χ4v) is 0.760. The van der Waals surface area contributed by atoms with Gasteiger partial charge in [-0.15, -0.1) is 0 Å². The maximum Gasteiger partial charge on any atom is 0.323 e. The van der Waals surface area contributed by atoms with Crippen LogP contribution in [-0.2, 0) is 9.59 Å². The summed E-state index contributed by atoms with van der Waals surface area (Å²) in [5.74, 6) is -1.31. The van der Waals surface area contributed by atoms with Gasteiger partial charge in [0.25, 0.3) is 0 Å². The molecule has 1 N–H and O–H groups in total. The summed E-state index contributed by atoms with van der Waals surface area (Å²) >= 11 is 0. The highest BCUT2D eigenvalue weighted by Crippen LogP contribution is 1.97. The van der Waals surface area contributed by atoms with Crippen molar-refractivity contribution in [2.45, 2.75) is 13.8 Å². The molecule has 0 atom stereocenters. The molecule has 0 heterocycles. The zero-order valence-electron chi connectivity index (χ0n) is 7.33. The van der Waals surface area contributed by atoms with Gasteiger partial charge in [0.05, 0.1) is 0 Å². The van der Waals surface area contributed by atoms with E-state index < -0.39 is 5.97 Å². The van der Waals surface area contributed by atoms with Crippen LogP contribution in [-0.4, -0.2) is 35.0 Å². The third kappa shape index (κ3) is 3.18. The first kappa shape index (κ1) is 10.7. The fraction of sp³-hybridized carbons (Fsp3) is 0.500. The molecule has 0 spiro atoms. The summed E-state index contributed by atoms with van der Waals surface area (Å²) in [5.41, 5.74) is 0.359. The van der Waals surface area contributed by atoms with Gasteiger partial charge in [0.15, 0.2) is 0 Å². The van der Waals surface area contributed by atoms with E-state index in [2.05, 4.69) is 6.58 Å². The molecule has 0 saturated carbocycles. The summed E-state index contributed by atoms with van der Waals surface area (Å²) in [4.78, 5) is 22.7. The molecule has 4 nitrogen and oxygen atoms in total. The predicted molar refractivity (Wildman–Crippen MR) is 44.7 cm³/mol. The topological polar surface area (TPSA) is 57.6 Å². The number of carboxylic acids is 1. The van der Waals surface area contributed by atoms with Crippen molar-refractivity contribution < 1.29 is 14.7 Å². The first-order valence-corrected chi connectivity index (χ1v) is 3.65. The van der Waals surface area contributed by atoms with Gasteiger partial charge in [0, 0.05) is 12.1 Å².